The van der Waals surface area contributed by atoms with E-state index in [2.05, 4.69) is 15.3 Å². The van der Waals surface area contributed by atoms with Gasteiger partial charge in [0.2, 0.25) is 0 Å². The molecule has 1 aliphatic rings. The summed E-state index contributed by atoms with van der Waals surface area (Å²) in [6, 6.07) is 5.46. The molecule has 3 aromatic heterocycles. The maximum Gasteiger partial charge on any atom is 0.264 e. The van der Waals surface area contributed by atoms with Gasteiger partial charge in [0, 0.05) is 22.8 Å². The van der Waals surface area contributed by atoms with Crippen LogP contribution in [0.15, 0.2) is 40.5 Å². The Morgan fingerprint density at radius 1 is 1.32 bits per heavy atom. The van der Waals surface area contributed by atoms with Gasteiger partial charge in [-0.25, -0.2) is 4.98 Å². The van der Waals surface area contributed by atoms with Gasteiger partial charge in [-0.1, -0.05) is 0 Å². The van der Waals surface area contributed by atoms with Crippen LogP contribution in [0, 0.1) is 0 Å². The normalized spacial score (nSPS) is 13.3. The number of amides is 1. The summed E-state index contributed by atoms with van der Waals surface area (Å²) in [7, 11) is 0. The number of nitrogens with one attached hydrogen (secondary N) is 1. The minimum Gasteiger partial charge on any atom is -0.483 e. The average Bonchev–Trinajstić information content (AvgIpc) is 3.31. The van der Waals surface area contributed by atoms with Crippen molar-refractivity contribution in [3.05, 3.63) is 47.3 Å². The molecule has 6 nitrogen and oxygen atoms in total. The molecule has 0 spiro atoms. The number of nitrogens with zero attached hydrogens (tertiary/aromatic N) is 2. The van der Waals surface area contributed by atoms with Gasteiger partial charge in [-0.2, -0.15) is 0 Å². The van der Waals surface area contributed by atoms with E-state index in [1.54, 1.807) is 18.5 Å². The van der Waals surface area contributed by atoms with Gasteiger partial charge in [0.15, 0.2) is 17.5 Å². The highest BCUT2D eigenvalue weighted by molar-refractivity contribution is 7.14. The molecule has 0 unspecified atom stereocenters. The van der Waals surface area contributed by atoms with Crippen LogP contribution in [0.2, 0.25) is 0 Å². The van der Waals surface area contributed by atoms with Gasteiger partial charge in [-0.05, 0) is 43.9 Å². The Balaban J connectivity index is 1.37. The van der Waals surface area contributed by atoms with Crippen LogP contribution in [0.1, 0.15) is 24.1 Å². The summed E-state index contributed by atoms with van der Waals surface area (Å²) in [6.07, 6.45) is 7.57. The molecule has 0 fully saturated rings. The van der Waals surface area contributed by atoms with E-state index in [1.165, 1.54) is 11.3 Å². The Morgan fingerprint density at radius 2 is 2.24 bits per heavy atom. The Bertz CT molecular complexity index is 874. The van der Waals surface area contributed by atoms with Crippen molar-refractivity contribution in [2.75, 3.05) is 11.9 Å². The summed E-state index contributed by atoms with van der Waals surface area (Å²) in [5, 5.41) is 5.13. The molecule has 0 saturated heterocycles. The first-order valence-corrected chi connectivity index (χ1v) is 9.06. The summed E-state index contributed by atoms with van der Waals surface area (Å²) < 4.78 is 11.0. The zero-order valence-corrected chi connectivity index (χ0v) is 14.3. The van der Waals surface area contributed by atoms with Gasteiger partial charge < -0.3 is 9.15 Å². The molecule has 1 N–H and O–H groups in total. The smallest absolute Gasteiger partial charge is 0.264 e. The van der Waals surface area contributed by atoms with Crippen molar-refractivity contribution in [3.8, 4) is 17.2 Å². The molecule has 0 bridgehead atoms. The van der Waals surface area contributed by atoms with E-state index in [0.717, 1.165) is 42.7 Å². The van der Waals surface area contributed by atoms with Crippen molar-refractivity contribution in [1.29, 1.82) is 0 Å². The lowest BCUT2D eigenvalue weighted by atomic mass is 9.95. The fraction of sp³-hybridized carbons (Fsp3) is 0.278. The predicted molar refractivity (Wildman–Crippen MR) is 94.8 cm³/mol. The zero-order valence-electron chi connectivity index (χ0n) is 13.5. The second kappa shape index (κ2) is 7.06. The third kappa shape index (κ3) is 3.56. The van der Waals surface area contributed by atoms with Crippen LogP contribution in [0.5, 0.6) is 5.75 Å². The number of aromatic nitrogens is 2. The highest BCUT2D eigenvalue weighted by Gasteiger charge is 2.16. The molecule has 4 rings (SSSR count). The molecule has 25 heavy (non-hydrogen) atoms. The van der Waals surface area contributed by atoms with E-state index < -0.39 is 0 Å². The number of hydrogen-bond donors (Lipinski definition) is 1. The maximum atomic E-state index is 12.1. The molecule has 0 aromatic carbocycles. The quantitative estimate of drug-likeness (QED) is 0.755. The Labute approximate surface area is 148 Å². The summed E-state index contributed by atoms with van der Waals surface area (Å²) in [5.74, 6) is 1.20. The number of pyridine rings is 1. The van der Waals surface area contributed by atoms with Gasteiger partial charge in [0.05, 0.1) is 6.26 Å². The molecule has 1 amide bonds. The third-order valence-electron chi connectivity index (χ3n) is 4.08. The lowest BCUT2D eigenvalue weighted by Crippen LogP contribution is -2.21. The minimum atomic E-state index is -0.235. The molecule has 1 aliphatic carbocycles. The molecule has 0 saturated carbocycles. The van der Waals surface area contributed by atoms with Crippen LogP contribution in [-0.4, -0.2) is 22.5 Å². The van der Waals surface area contributed by atoms with Crippen molar-refractivity contribution in [2.45, 2.75) is 25.7 Å². The van der Waals surface area contributed by atoms with Crippen molar-refractivity contribution in [2.24, 2.45) is 0 Å². The van der Waals surface area contributed by atoms with E-state index in [1.807, 2.05) is 17.5 Å². The van der Waals surface area contributed by atoms with Crippen LogP contribution >= 0.6 is 11.3 Å². The van der Waals surface area contributed by atoms with Crippen LogP contribution in [0.3, 0.4) is 0 Å². The number of carbonyl (C=O) groups excluding carboxylic acids is 1. The van der Waals surface area contributed by atoms with Crippen LogP contribution in [0.4, 0.5) is 5.13 Å². The highest BCUT2D eigenvalue weighted by atomic mass is 32.1. The number of rotatable bonds is 5. The fourth-order valence-electron chi connectivity index (χ4n) is 2.90. The SMILES string of the molecule is O=C(COc1ccnc2c1CCCC2)Nc1nc(-c2ccco2)cs1. The number of thiazole rings is 1. The largest absolute Gasteiger partial charge is 0.483 e. The molecular formula is C18H17N3O3S. The van der Waals surface area contributed by atoms with Gasteiger partial charge in [0.25, 0.3) is 5.91 Å². The topological polar surface area (TPSA) is 77.2 Å². The minimum absolute atomic E-state index is 0.0495. The number of hydrogen-bond acceptors (Lipinski definition) is 6. The zero-order chi connectivity index (χ0) is 17.1. The molecule has 7 heteroatoms. The number of anilines is 1. The van der Waals surface area contributed by atoms with E-state index in [4.69, 9.17) is 9.15 Å². The monoisotopic (exact) mass is 355 g/mol. The first-order valence-electron chi connectivity index (χ1n) is 8.18. The summed E-state index contributed by atoms with van der Waals surface area (Å²) in [5.41, 5.74) is 2.93. The Hall–Kier alpha value is -2.67. The molecule has 0 atom stereocenters. The van der Waals surface area contributed by atoms with Crippen molar-refractivity contribution >= 4 is 22.4 Å². The maximum absolute atomic E-state index is 12.1. The third-order valence-corrected chi connectivity index (χ3v) is 4.83. The van der Waals surface area contributed by atoms with E-state index >= 15 is 0 Å². The van der Waals surface area contributed by atoms with E-state index in [0.29, 0.717) is 16.6 Å². The molecular weight excluding hydrogens is 338 g/mol. The molecule has 0 radical (unpaired) electrons. The number of fused-ring (bicyclic) bond motifs is 1. The highest BCUT2D eigenvalue weighted by Crippen LogP contribution is 2.28. The fourth-order valence-corrected chi connectivity index (χ4v) is 3.61. The molecule has 3 heterocycles. The summed E-state index contributed by atoms with van der Waals surface area (Å²) in [6.45, 7) is -0.0495. The van der Waals surface area contributed by atoms with Crippen LogP contribution in [-0.2, 0) is 17.6 Å². The van der Waals surface area contributed by atoms with Crippen molar-refractivity contribution in [1.82, 2.24) is 9.97 Å². The number of furan rings is 1. The van der Waals surface area contributed by atoms with Gasteiger partial charge in [-0.15, -0.1) is 11.3 Å². The van der Waals surface area contributed by atoms with Gasteiger partial charge in [0.1, 0.15) is 11.4 Å². The van der Waals surface area contributed by atoms with Gasteiger partial charge >= 0.3 is 0 Å². The average molecular weight is 355 g/mol. The first-order chi connectivity index (χ1) is 12.3. The lowest BCUT2D eigenvalue weighted by molar-refractivity contribution is -0.118. The lowest BCUT2D eigenvalue weighted by Gasteiger charge is -2.18. The van der Waals surface area contributed by atoms with Crippen LogP contribution < -0.4 is 10.1 Å². The first kappa shape index (κ1) is 15.8. The molecule has 0 aliphatic heterocycles. The summed E-state index contributed by atoms with van der Waals surface area (Å²) in [4.78, 5) is 20.9. The standard InChI is InChI=1S/C18H17N3O3S/c22-17(21-18-20-14(11-25-18)16-6-3-9-23-16)10-24-15-7-8-19-13-5-2-1-4-12(13)15/h3,6-9,11H,1-2,4-5,10H2,(H,20,21,22). The predicted octanol–water partition coefficient (Wildman–Crippen LogP) is 3.69. The van der Waals surface area contributed by atoms with Crippen molar-refractivity contribution in [3.63, 3.8) is 0 Å². The Morgan fingerprint density at radius 3 is 3.12 bits per heavy atom. The molecule has 128 valence electrons. The van der Waals surface area contributed by atoms with E-state index in [9.17, 15) is 4.79 Å². The molecule has 3 aromatic rings. The summed E-state index contributed by atoms with van der Waals surface area (Å²) >= 11 is 1.35. The van der Waals surface area contributed by atoms with Crippen molar-refractivity contribution < 1.29 is 13.9 Å². The number of ether oxygens (including phenoxy) is 1. The number of aryl methyl sites for hydroxylation is 1. The van der Waals surface area contributed by atoms with Gasteiger partial charge in [-0.3, -0.25) is 15.1 Å². The Kier molecular flexibility index (Phi) is 4.47. The van der Waals surface area contributed by atoms with Crippen LogP contribution in [0.25, 0.3) is 11.5 Å². The second-order valence-electron chi connectivity index (χ2n) is 5.79. The number of carbonyl (C=O) groups is 1. The van der Waals surface area contributed by atoms with E-state index in [-0.39, 0.29) is 12.5 Å². The second-order valence-corrected chi connectivity index (χ2v) is 6.65.